The fraction of sp³-hybridized carbons (Fsp3) is 0.200. The molecule has 0 saturated carbocycles. The Hall–Kier alpha value is -2.40. The van der Waals surface area contributed by atoms with Crippen molar-refractivity contribution in [1.29, 1.82) is 0 Å². The highest BCUT2D eigenvalue weighted by Gasteiger charge is 2.01. The minimum atomic E-state index is 0.0753. The van der Waals surface area contributed by atoms with E-state index >= 15 is 0 Å². The van der Waals surface area contributed by atoms with Gasteiger partial charge < -0.3 is 10.4 Å². The second kappa shape index (κ2) is 5.30. The maximum atomic E-state index is 9.00. The number of aryl methyl sites for hydroxylation is 1. The van der Waals surface area contributed by atoms with E-state index in [4.69, 9.17) is 5.11 Å². The van der Waals surface area contributed by atoms with E-state index in [1.165, 1.54) is 0 Å². The van der Waals surface area contributed by atoms with E-state index in [0.717, 1.165) is 28.3 Å². The first-order chi connectivity index (χ1) is 9.74. The second-order valence-electron chi connectivity index (χ2n) is 4.73. The SMILES string of the molecule is Cc1cn2nc(NCc3ccc(CO)cc3)ccc2n1. The molecule has 0 atom stereocenters. The summed E-state index contributed by atoms with van der Waals surface area (Å²) < 4.78 is 1.77. The van der Waals surface area contributed by atoms with Crippen molar-refractivity contribution in [3.63, 3.8) is 0 Å². The van der Waals surface area contributed by atoms with Crippen molar-refractivity contribution < 1.29 is 5.11 Å². The van der Waals surface area contributed by atoms with Crippen LogP contribution in [0.4, 0.5) is 5.82 Å². The predicted molar refractivity (Wildman–Crippen MR) is 77.4 cm³/mol. The number of nitrogens with zero attached hydrogens (tertiary/aromatic N) is 3. The number of aliphatic hydroxyl groups excluding tert-OH is 1. The molecular weight excluding hydrogens is 252 g/mol. The van der Waals surface area contributed by atoms with Crippen LogP contribution in [-0.4, -0.2) is 19.7 Å². The van der Waals surface area contributed by atoms with Gasteiger partial charge >= 0.3 is 0 Å². The van der Waals surface area contributed by atoms with Crippen LogP contribution in [0.25, 0.3) is 5.65 Å². The third-order valence-corrected chi connectivity index (χ3v) is 3.12. The zero-order valence-electron chi connectivity index (χ0n) is 11.2. The molecule has 0 aliphatic heterocycles. The zero-order chi connectivity index (χ0) is 13.9. The average Bonchev–Trinajstić information content (AvgIpc) is 2.85. The van der Waals surface area contributed by atoms with Gasteiger partial charge in [-0.2, -0.15) is 0 Å². The number of hydrogen-bond donors (Lipinski definition) is 2. The number of nitrogens with one attached hydrogen (secondary N) is 1. The molecule has 0 unspecified atom stereocenters. The summed E-state index contributed by atoms with van der Waals surface area (Å²) in [5.41, 5.74) is 3.86. The lowest BCUT2D eigenvalue weighted by molar-refractivity contribution is 0.282. The van der Waals surface area contributed by atoms with Crippen molar-refractivity contribution in [3.05, 3.63) is 59.4 Å². The van der Waals surface area contributed by atoms with E-state index in [-0.39, 0.29) is 6.61 Å². The van der Waals surface area contributed by atoms with Crippen LogP contribution in [0.2, 0.25) is 0 Å². The molecule has 2 heterocycles. The quantitative estimate of drug-likeness (QED) is 0.761. The molecule has 3 rings (SSSR count). The van der Waals surface area contributed by atoms with Crippen molar-refractivity contribution >= 4 is 11.5 Å². The van der Waals surface area contributed by atoms with Gasteiger partial charge in [0, 0.05) is 6.54 Å². The summed E-state index contributed by atoms with van der Waals surface area (Å²) in [5.74, 6) is 0.807. The number of imidazole rings is 1. The summed E-state index contributed by atoms with van der Waals surface area (Å²) in [6, 6.07) is 11.7. The fourth-order valence-electron chi connectivity index (χ4n) is 2.05. The van der Waals surface area contributed by atoms with Crippen LogP contribution in [0.1, 0.15) is 16.8 Å². The molecule has 0 fully saturated rings. The summed E-state index contributed by atoms with van der Waals surface area (Å²) in [5, 5.41) is 16.7. The maximum absolute atomic E-state index is 9.00. The van der Waals surface area contributed by atoms with Crippen molar-refractivity contribution in [2.75, 3.05) is 5.32 Å². The van der Waals surface area contributed by atoms with Gasteiger partial charge in [0.15, 0.2) is 5.65 Å². The van der Waals surface area contributed by atoms with Crippen LogP contribution in [0.15, 0.2) is 42.6 Å². The molecule has 0 bridgehead atoms. The average molecular weight is 268 g/mol. The minimum Gasteiger partial charge on any atom is -0.392 e. The van der Waals surface area contributed by atoms with Crippen LogP contribution in [0.5, 0.6) is 0 Å². The Bertz CT molecular complexity index is 718. The molecular formula is C15H16N4O. The lowest BCUT2D eigenvalue weighted by atomic mass is 10.1. The molecule has 5 nitrogen and oxygen atoms in total. The number of aromatic nitrogens is 3. The number of aliphatic hydroxyl groups is 1. The van der Waals surface area contributed by atoms with Crippen LogP contribution in [-0.2, 0) is 13.2 Å². The number of fused-ring (bicyclic) bond motifs is 1. The molecule has 20 heavy (non-hydrogen) atoms. The van der Waals surface area contributed by atoms with Crippen LogP contribution in [0.3, 0.4) is 0 Å². The summed E-state index contributed by atoms with van der Waals surface area (Å²) in [4.78, 5) is 4.34. The molecule has 102 valence electrons. The first-order valence-corrected chi connectivity index (χ1v) is 6.50. The Balaban J connectivity index is 1.72. The summed E-state index contributed by atoms with van der Waals surface area (Å²) in [7, 11) is 0. The summed E-state index contributed by atoms with van der Waals surface area (Å²) >= 11 is 0. The molecule has 0 spiro atoms. The monoisotopic (exact) mass is 268 g/mol. The Morgan fingerprint density at radius 2 is 1.85 bits per heavy atom. The minimum absolute atomic E-state index is 0.0753. The van der Waals surface area contributed by atoms with Gasteiger partial charge in [-0.1, -0.05) is 24.3 Å². The number of benzene rings is 1. The number of anilines is 1. The third kappa shape index (κ3) is 2.62. The lowest BCUT2D eigenvalue weighted by Crippen LogP contribution is -2.03. The van der Waals surface area contributed by atoms with Crippen LogP contribution >= 0.6 is 0 Å². The van der Waals surface area contributed by atoms with E-state index in [1.54, 1.807) is 4.52 Å². The third-order valence-electron chi connectivity index (χ3n) is 3.12. The highest BCUT2D eigenvalue weighted by atomic mass is 16.3. The van der Waals surface area contributed by atoms with Gasteiger partial charge in [0.05, 0.1) is 18.5 Å². The van der Waals surface area contributed by atoms with Crippen molar-refractivity contribution in [2.45, 2.75) is 20.1 Å². The fourth-order valence-corrected chi connectivity index (χ4v) is 2.05. The van der Waals surface area contributed by atoms with Gasteiger partial charge in [-0.25, -0.2) is 9.50 Å². The van der Waals surface area contributed by atoms with Gasteiger partial charge in [0.2, 0.25) is 0 Å². The Morgan fingerprint density at radius 3 is 2.60 bits per heavy atom. The summed E-state index contributed by atoms with van der Waals surface area (Å²) in [6.07, 6.45) is 1.90. The molecule has 3 aromatic rings. The molecule has 5 heteroatoms. The molecule has 2 N–H and O–H groups in total. The smallest absolute Gasteiger partial charge is 0.153 e. The van der Waals surface area contributed by atoms with Gasteiger partial charge in [-0.3, -0.25) is 0 Å². The summed E-state index contributed by atoms with van der Waals surface area (Å²) in [6.45, 7) is 2.72. The Morgan fingerprint density at radius 1 is 1.10 bits per heavy atom. The number of rotatable bonds is 4. The Labute approximate surface area is 116 Å². The Kier molecular flexibility index (Phi) is 3.35. The number of hydrogen-bond acceptors (Lipinski definition) is 4. The van der Waals surface area contributed by atoms with E-state index in [1.807, 2.05) is 49.5 Å². The largest absolute Gasteiger partial charge is 0.392 e. The molecule has 0 radical (unpaired) electrons. The standard InChI is InChI=1S/C15H16N4O/c1-11-9-19-15(17-11)7-6-14(18-19)16-8-12-2-4-13(10-20)5-3-12/h2-7,9,20H,8,10H2,1H3,(H,16,18). The van der Waals surface area contributed by atoms with Crippen molar-refractivity contribution in [1.82, 2.24) is 14.6 Å². The first-order valence-electron chi connectivity index (χ1n) is 6.50. The van der Waals surface area contributed by atoms with Crippen LogP contribution < -0.4 is 5.32 Å². The zero-order valence-corrected chi connectivity index (χ0v) is 11.2. The molecule has 0 aliphatic carbocycles. The molecule has 2 aromatic heterocycles. The van der Waals surface area contributed by atoms with Gasteiger partial charge in [0.25, 0.3) is 0 Å². The molecule has 0 amide bonds. The molecule has 1 aromatic carbocycles. The van der Waals surface area contributed by atoms with E-state index < -0.39 is 0 Å². The maximum Gasteiger partial charge on any atom is 0.153 e. The van der Waals surface area contributed by atoms with Gasteiger partial charge in [-0.15, -0.1) is 5.10 Å². The molecule has 0 saturated heterocycles. The highest BCUT2D eigenvalue weighted by Crippen LogP contribution is 2.10. The first kappa shape index (κ1) is 12.6. The predicted octanol–water partition coefficient (Wildman–Crippen LogP) is 2.14. The normalized spacial score (nSPS) is 10.9. The van der Waals surface area contributed by atoms with Gasteiger partial charge in [-0.05, 0) is 30.2 Å². The second-order valence-corrected chi connectivity index (χ2v) is 4.73. The van der Waals surface area contributed by atoms with E-state index in [2.05, 4.69) is 15.4 Å². The topological polar surface area (TPSA) is 62.5 Å². The van der Waals surface area contributed by atoms with Crippen molar-refractivity contribution in [3.8, 4) is 0 Å². The van der Waals surface area contributed by atoms with Crippen LogP contribution in [0, 0.1) is 6.92 Å². The molecule has 0 aliphatic rings. The van der Waals surface area contributed by atoms with E-state index in [9.17, 15) is 0 Å². The lowest BCUT2D eigenvalue weighted by Gasteiger charge is -2.06. The van der Waals surface area contributed by atoms with E-state index in [0.29, 0.717) is 6.54 Å². The van der Waals surface area contributed by atoms with Crippen molar-refractivity contribution in [2.24, 2.45) is 0 Å². The van der Waals surface area contributed by atoms with Gasteiger partial charge in [0.1, 0.15) is 5.82 Å². The highest BCUT2D eigenvalue weighted by molar-refractivity contribution is 5.45.